The van der Waals surface area contributed by atoms with E-state index in [2.05, 4.69) is 13.8 Å². The number of rotatable bonds is 5. The Morgan fingerprint density at radius 1 is 1.33 bits per heavy atom. The average molecular weight is 215 g/mol. The van der Waals surface area contributed by atoms with Crippen molar-refractivity contribution in [3.8, 4) is 0 Å². The van der Waals surface area contributed by atoms with E-state index in [9.17, 15) is 9.90 Å². The molecule has 0 aliphatic carbocycles. The first-order valence-corrected chi connectivity index (χ1v) is 5.75. The van der Waals surface area contributed by atoms with Crippen LogP contribution in [-0.2, 0) is 9.53 Å². The largest absolute Gasteiger partial charge is 0.480 e. The van der Waals surface area contributed by atoms with Gasteiger partial charge in [-0.3, -0.25) is 9.69 Å². The third-order valence-corrected chi connectivity index (χ3v) is 3.19. The van der Waals surface area contributed by atoms with Gasteiger partial charge in [0.1, 0.15) is 6.04 Å². The third-order valence-electron chi connectivity index (χ3n) is 3.19. The second-order valence-electron chi connectivity index (χ2n) is 4.01. The van der Waals surface area contributed by atoms with Crippen LogP contribution in [0.15, 0.2) is 0 Å². The lowest BCUT2D eigenvalue weighted by Gasteiger charge is -2.35. The normalized spacial score (nSPS) is 20.5. The number of nitrogens with zero attached hydrogens (tertiary/aromatic N) is 1. The molecule has 1 saturated heterocycles. The van der Waals surface area contributed by atoms with Crippen LogP contribution in [-0.4, -0.2) is 48.3 Å². The van der Waals surface area contributed by atoms with Crippen LogP contribution in [0.3, 0.4) is 0 Å². The van der Waals surface area contributed by atoms with Crippen molar-refractivity contribution in [2.75, 3.05) is 26.3 Å². The number of ether oxygens (including phenoxy) is 1. The molecule has 88 valence electrons. The summed E-state index contributed by atoms with van der Waals surface area (Å²) in [6.45, 7) is 6.92. The summed E-state index contributed by atoms with van der Waals surface area (Å²) >= 11 is 0. The van der Waals surface area contributed by atoms with Crippen molar-refractivity contribution in [2.24, 2.45) is 5.92 Å². The second kappa shape index (κ2) is 6.08. The Morgan fingerprint density at radius 2 is 1.87 bits per heavy atom. The van der Waals surface area contributed by atoms with Crippen molar-refractivity contribution in [3.63, 3.8) is 0 Å². The molecule has 0 saturated carbocycles. The van der Waals surface area contributed by atoms with Gasteiger partial charge in [-0.05, 0) is 5.92 Å². The van der Waals surface area contributed by atoms with Crippen LogP contribution in [0.1, 0.15) is 26.7 Å². The molecule has 0 amide bonds. The molecule has 0 aromatic heterocycles. The van der Waals surface area contributed by atoms with Crippen LogP contribution in [0.25, 0.3) is 0 Å². The standard InChI is InChI=1S/C11H21NO3/c1-3-9(4-2)10(11(13)14)12-5-7-15-8-6-12/h9-10H,3-8H2,1-2H3,(H,13,14)/t10-/m1/s1. The minimum atomic E-state index is -0.689. The first-order chi connectivity index (χ1) is 7.20. The van der Waals surface area contributed by atoms with Crippen LogP contribution in [0, 0.1) is 5.92 Å². The Kier molecular flexibility index (Phi) is 5.05. The number of carboxylic acids is 1. The molecule has 1 aliphatic rings. The van der Waals surface area contributed by atoms with E-state index in [1.54, 1.807) is 0 Å². The fourth-order valence-electron chi connectivity index (χ4n) is 2.25. The van der Waals surface area contributed by atoms with Gasteiger partial charge in [0.2, 0.25) is 0 Å². The van der Waals surface area contributed by atoms with Gasteiger partial charge in [-0.2, -0.15) is 0 Å². The molecule has 4 nitrogen and oxygen atoms in total. The predicted molar refractivity (Wildman–Crippen MR) is 57.9 cm³/mol. The van der Waals surface area contributed by atoms with Gasteiger partial charge < -0.3 is 9.84 Å². The quantitative estimate of drug-likeness (QED) is 0.749. The van der Waals surface area contributed by atoms with Gasteiger partial charge >= 0.3 is 5.97 Å². The first-order valence-electron chi connectivity index (χ1n) is 5.75. The lowest BCUT2D eigenvalue weighted by atomic mass is 9.92. The maximum Gasteiger partial charge on any atom is 0.321 e. The minimum absolute atomic E-state index is 0.251. The number of aliphatic carboxylic acids is 1. The van der Waals surface area contributed by atoms with E-state index < -0.39 is 5.97 Å². The summed E-state index contributed by atoms with van der Waals surface area (Å²) in [5, 5.41) is 9.28. The molecule has 1 aliphatic heterocycles. The monoisotopic (exact) mass is 215 g/mol. The number of morpholine rings is 1. The van der Waals surface area contributed by atoms with E-state index in [1.807, 2.05) is 4.90 Å². The molecule has 0 aromatic rings. The van der Waals surface area contributed by atoms with Gasteiger partial charge in [-0.15, -0.1) is 0 Å². The highest BCUT2D eigenvalue weighted by Crippen LogP contribution is 2.20. The summed E-state index contributed by atoms with van der Waals surface area (Å²) in [6, 6.07) is -0.330. The zero-order chi connectivity index (χ0) is 11.3. The molecule has 1 N–H and O–H groups in total. The summed E-state index contributed by atoms with van der Waals surface area (Å²) < 4.78 is 5.24. The Labute approximate surface area is 91.2 Å². The summed E-state index contributed by atoms with van der Waals surface area (Å²) in [7, 11) is 0. The number of hydrogen-bond acceptors (Lipinski definition) is 3. The topological polar surface area (TPSA) is 49.8 Å². The zero-order valence-electron chi connectivity index (χ0n) is 9.61. The fraction of sp³-hybridized carbons (Fsp3) is 0.909. The molecule has 0 bridgehead atoms. The summed E-state index contributed by atoms with van der Waals surface area (Å²) in [5.74, 6) is -0.439. The first kappa shape index (κ1) is 12.5. The van der Waals surface area contributed by atoms with Gasteiger partial charge in [0.05, 0.1) is 13.2 Å². The molecule has 4 heteroatoms. The summed E-state index contributed by atoms with van der Waals surface area (Å²) in [5.41, 5.74) is 0. The summed E-state index contributed by atoms with van der Waals surface area (Å²) in [6.07, 6.45) is 1.84. The molecule has 1 rings (SSSR count). The Bertz CT molecular complexity index is 198. The number of carboxylic acid groups (broad SMARTS) is 1. The molecule has 0 aromatic carbocycles. The summed E-state index contributed by atoms with van der Waals surface area (Å²) in [4.78, 5) is 13.3. The van der Waals surface area contributed by atoms with Crippen LogP contribution in [0.4, 0.5) is 0 Å². The van der Waals surface area contributed by atoms with E-state index >= 15 is 0 Å². The van der Waals surface area contributed by atoms with Crippen molar-refractivity contribution in [1.82, 2.24) is 4.90 Å². The number of carbonyl (C=O) groups is 1. The lowest BCUT2D eigenvalue weighted by molar-refractivity contribution is -0.147. The molecular weight excluding hydrogens is 194 g/mol. The van der Waals surface area contributed by atoms with E-state index in [1.165, 1.54) is 0 Å². The Balaban J connectivity index is 2.66. The number of hydrogen-bond donors (Lipinski definition) is 1. The highest BCUT2D eigenvalue weighted by atomic mass is 16.5. The van der Waals surface area contributed by atoms with Crippen molar-refractivity contribution in [2.45, 2.75) is 32.7 Å². The lowest BCUT2D eigenvalue weighted by Crippen LogP contribution is -2.50. The molecule has 1 heterocycles. The van der Waals surface area contributed by atoms with Crippen molar-refractivity contribution < 1.29 is 14.6 Å². The predicted octanol–water partition coefficient (Wildman–Crippen LogP) is 1.21. The van der Waals surface area contributed by atoms with Gasteiger partial charge in [-0.1, -0.05) is 26.7 Å². The van der Waals surface area contributed by atoms with E-state index in [0.717, 1.165) is 25.9 Å². The molecule has 1 fully saturated rings. The Morgan fingerprint density at radius 3 is 2.27 bits per heavy atom. The van der Waals surface area contributed by atoms with Crippen LogP contribution < -0.4 is 0 Å². The van der Waals surface area contributed by atoms with E-state index in [4.69, 9.17) is 4.74 Å². The molecule has 1 atom stereocenters. The van der Waals surface area contributed by atoms with Crippen LogP contribution >= 0.6 is 0 Å². The van der Waals surface area contributed by atoms with Gasteiger partial charge in [0.25, 0.3) is 0 Å². The Hall–Kier alpha value is -0.610. The van der Waals surface area contributed by atoms with Crippen molar-refractivity contribution in [1.29, 1.82) is 0 Å². The fourth-order valence-corrected chi connectivity index (χ4v) is 2.25. The van der Waals surface area contributed by atoms with Gasteiger partial charge in [0.15, 0.2) is 0 Å². The van der Waals surface area contributed by atoms with E-state index in [-0.39, 0.29) is 12.0 Å². The zero-order valence-corrected chi connectivity index (χ0v) is 9.61. The molecule has 0 unspecified atom stereocenters. The van der Waals surface area contributed by atoms with Crippen molar-refractivity contribution in [3.05, 3.63) is 0 Å². The highest BCUT2D eigenvalue weighted by Gasteiger charge is 2.32. The smallest absolute Gasteiger partial charge is 0.321 e. The molecular formula is C11H21NO3. The van der Waals surface area contributed by atoms with Gasteiger partial charge in [-0.25, -0.2) is 0 Å². The molecule has 0 radical (unpaired) electrons. The van der Waals surface area contributed by atoms with Crippen molar-refractivity contribution >= 4 is 5.97 Å². The SMILES string of the molecule is CCC(CC)[C@H](C(=O)O)N1CCOCC1. The third kappa shape index (κ3) is 3.18. The highest BCUT2D eigenvalue weighted by molar-refractivity contribution is 5.73. The van der Waals surface area contributed by atoms with Gasteiger partial charge in [0, 0.05) is 13.1 Å². The minimum Gasteiger partial charge on any atom is -0.480 e. The van der Waals surface area contributed by atoms with E-state index in [0.29, 0.717) is 13.2 Å². The maximum atomic E-state index is 11.3. The second-order valence-corrected chi connectivity index (χ2v) is 4.01. The van der Waals surface area contributed by atoms with Crippen LogP contribution in [0.2, 0.25) is 0 Å². The average Bonchev–Trinajstić information content (AvgIpc) is 2.26. The molecule has 15 heavy (non-hydrogen) atoms. The maximum absolute atomic E-state index is 11.3. The molecule has 0 spiro atoms. The van der Waals surface area contributed by atoms with Crippen LogP contribution in [0.5, 0.6) is 0 Å².